The molecule has 1 radical (unpaired) electrons. The van der Waals surface area contributed by atoms with Crippen LogP contribution in [0.25, 0.3) is 0 Å². The average molecular weight is 232 g/mol. The van der Waals surface area contributed by atoms with Crippen molar-refractivity contribution in [3.8, 4) is 0 Å². The summed E-state index contributed by atoms with van der Waals surface area (Å²) in [6.07, 6.45) is 0. The minimum absolute atomic E-state index is 0.489. The zero-order valence-corrected chi connectivity index (χ0v) is 9.95. The van der Waals surface area contributed by atoms with Crippen molar-refractivity contribution in [2.75, 3.05) is 6.54 Å². The molecule has 2 nitrogen and oxygen atoms in total. The molecule has 0 aliphatic carbocycles. The van der Waals surface area contributed by atoms with E-state index in [4.69, 9.17) is 0 Å². The number of rotatable bonds is 2. The molecule has 0 aromatic carbocycles. The first-order valence-corrected chi connectivity index (χ1v) is 5.39. The van der Waals surface area contributed by atoms with Crippen LogP contribution in [0.2, 0.25) is 0 Å². The van der Waals surface area contributed by atoms with Gasteiger partial charge < -0.3 is 0 Å². The monoisotopic (exact) mass is 233 g/mol. The van der Waals surface area contributed by atoms with E-state index < -0.39 is 0 Å². The van der Waals surface area contributed by atoms with Crippen LogP contribution >= 0.6 is 0 Å². The maximum absolute atomic E-state index is 4.58. The summed E-state index contributed by atoms with van der Waals surface area (Å²) < 4.78 is 1.09. The molecule has 0 amide bonds. The fraction of sp³-hybridized carbons (Fsp3) is 0.889. The van der Waals surface area contributed by atoms with Crippen LogP contribution in [-0.2, 0) is 0 Å². The van der Waals surface area contributed by atoms with Gasteiger partial charge in [0.05, 0.1) is 0 Å². The fourth-order valence-corrected chi connectivity index (χ4v) is 2.21. The van der Waals surface area contributed by atoms with Gasteiger partial charge in [0, 0.05) is 0 Å². The zero-order chi connectivity index (χ0) is 9.30. The Morgan fingerprint density at radius 2 is 2.00 bits per heavy atom. The van der Waals surface area contributed by atoms with Gasteiger partial charge in [-0.2, -0.15) is 0 Å². The van der Waals surface area contributed by atoms with Crippen LogP contribution < -0.4 is 0 Å². The number of hydrogen-bond donors (Lipinski definition) is 0. The van der Waals surface area contributed by atoms with Gasteiger partial charge in [-0.25, -0.2) is 0 Å². The summed E-state index contributed by atoms with van der Waals surface area (Å²) in [7, 11) is 0. The fourth-order valence-electron chi connectivity index (χ4n) is 1.33. The molecule has 1 heterocycles. The Morgan fingerprint density at radius 1 is 1.42 bits per heavy atom. The van der Waals surface area contributed by atoms with E-state index in [0.717, 1.165) is 11.3 Å². The van der Waals surface area contributed by atoms with E-state index in [2.05, 4.69) is 53.6 Å². The van der Waals surface area contributed by atoms with Crippen molar-refractivity contribution in [3.05, 3.63) is 0 Å². The number of nitrogens with zero attached hydrogens (tertiary/aromatic N) is 2. The minimum atomic E-state index is 0.489. The topological polar surface area (TPSA) is 15.6 Å². The quantitative estimate of drug-likeness (QED) is 0.654. The average Bonchev–Trinajstić information content (AvgIpc) is 2.30. The van der Waals surface area contributed by atoms with E-state index in [1.54, 1.807) is 0 Å². The van der Waals surface area contributed by atoms with E-state index in [1.165, 1.54) is 0 Å². The van der Waals surface area contributed by atoms with Gasteiger partial charge in [-0.1, -0.05) is 0 Å². The summed E-state index contributed by atoms with van der Waals surface area (Å²) in [6.45, 7) is 9.94. The normalized spacial score (nSPS) is 24.0. The van der Waals surface area contributed by atoms with Crippen LogP contribution in [0.5, 0.6) is 0 Å². The Kier molecular flexibility index (Phi) is 3.19. The van der Waals surface area contributed by atoms with E-state index in [1.807, 2.05) is 0 Å². The van der Waals surface area contributed by atoms with Gasteiger partial charge in [0.25, 0.3) is 0 Å². The Labute approximate surface area is 83.2 Å². The third-order valence-corrected chi connectivity index (χ3v) is 3.01. The first-order valence-electron chi connectivity index (χ1n) is 4.53. The molecule has 0 aromatic heterocycles. The van der Waals surface area contributed by atoms with Crippen LogP contribution in [0, 0.1) is 5.92 Å². The first-order chi connectivity index (χ1) is 5.52. The molecule has 69 valence electrons. The standard InChI is InChI=1S/C9H17N2Se/c1-6(2)8-5-11(7(3)4)9(12)10-8/h6-8H,5H2,1-4H3. The molecule has 3 heteroatoms. The molecule has 0 N–H and O–H groups in total. The molecular weight excluding hydrogens is 215 g/mol. The molecule has 0 saturated carbocycles. The Bertz CT molecular complexity index is 187. The van der Waals surface area contributed by atoms with E-state index in [9.17, 15) is 0 Å². The van der Waals surface area contributed by atoms with Crippen molar-refractivity contribution < 1.29 is 0 Å². The van der Waals surface area contributed by atoms with Crippen molar-refractivity contribution in [1.29, 1.82) is 0 Å². The molecule has 1 aliphatic heterocycles. The molecule has 12 heavy (non-hydrogen) atoms. The second kappa shape index (κ2) is 3.80. The van der Waals surface area contributed by atoms with E-state index in [0.29, 0.717) is 18.0 Å². The Hall–Kier alpha value is -0.0105. The van der Waals surface area contributed by atoms with E-state index >= 15 is 0 Å². The van der Waals surface area contributed by atoms with Gasteiger partial charge in [-0.05, 0) is 0 Å². The van der Waals surface area contributed by atoms with Crippen LogP contribution in [0.4, 0.5) is 0 Å². The van der Waals surface area contributed by atoms with Crippen molar-refractivity contribution in [1.82, 2.24) is 4.90 Å². The summed E-state index contributed by atoms with van der Waals surface area (Å²) in [6, 6.07) is 1.05. The molecule has 0 fully saturated rings. The number of aliphatic imine (C=N–C) groups is 1. The summed E-state index contributed by atoms with van der Waals surface area (Å²) in [5, 5.41) is 0. The van der Waals surface area contributed by atoms with Gasteiger partial charge in [0.1, 0.15) is 0 Å². The van der Waals surface area contributed by atoms with Crippen molar-refractivity contribution in [3.63, 3.8) is 0 Å². The maximum atomic E-state index is 4.58. The van der Waals surface area contributed by atoms with Crippen LogP contribution in [-0.4, -0.2) is 44.3 Å². The molecule has 0 saturated heterocycles. The summed E-state index contributed by atoms with van der Waals surface area (Å²) in [4.78, 5) is 6.90. The SMILES string of the molecule is CC(C)C1CN(C(C)C)C([Se])=N1. The third kappa shape index (κ3) is 2.02. The van der Waals surface area contributed by atoms with Gasteiger partial charge in [-0.15, -0.1) is 0 Å². The van der Waals surface area contributed by atoms with E-state index in [-0.39, 0.29) is 0 Å². The van der Waals surface area contributed by atoms with Crippen molar-refractivity contribution in [2.24, 2.45) is 10.9 Å². The molecular formula is C9H17N2Se. The van der Waals surface area contributed by atoms with Gasteiger partial charge in [0.15, 0.2) is 0 Å². The molecule has 0 bridgehead atoms. The second-order valence-electron chi connectivity index (χ2n) is 3.97. The number of amidine groups is 1. The van der Waals surface area contributed by atoms with Gasteiger partial charge in [-0.3, -0.25) is 0 Å². The predicted octanol–water partition coefficient (Wildman–Crippen LogP) is 1.26. The third-order valence-electron chi connectivity index (χ3n) is 2.30. The number of hydrogen-bond acceptors (Lipinski definition) is 2. The summed E-state index contributed by atoms with van der Waals surface area (Å²) >= 11 is 3.03. The summed E-state index contributed by atoms with van der Waals surface area (Å²) in [5.74, 6) is 0.650. The molecule has 1 aliphatic rings. The zero-order valence-electron chi connectivity index (χ0n) is 8.24. The van der Waals surface area contributed by atoms with Crippen LogP contribution in [0.15, 0.2) is 4.99 Å². The molecule has 1 atom stereocenters. The van der Waals surface area contributed by atoms with Crippen molar-refractivity contribution >= 4 is 20.7 Å². The van der Waals surface area contributed by atoms with Crippen molar-refractivity contribution in [2.45, 2.75) is 39.8 Å². The first kappa shape index (κ1) is 10.1. The second-order valence-corrected chi connectivity index (χ2v) is 4.74. The van der Waals surface area contributed by atoms with Gasteiger partial charge in [0.2, 0.25) is 0 Å². The predicted molar refractivity (Wildman–Crippen MR) is 53.7 cm³/mol. The molecule has 1 rings (SSSR count). The molecule has 0 spiro atoms. The summed E-state index contributed by atoms with van der Waals surface area (Å²) in [5.41, 5.74) is 0. The molecule has 0 aromatic rings. The van der Waals surface area contributed by atoms with Gasteiger partial charge >= 0.3 is 82.9 Å². The van der Waals surface area contributed by atoms with Crippen LogP contribution in [0.3, 0.4) is 0 Å². The Morgan fingerprint density at radius 3 is 2.25 bits per heavy atom. The Balaban J connectivity index is 2.61. The van der Waals surface area contributed by atoms with Crippen LogP contribution in [0.1, 0.15) is 27.7 Å². The molecule has 1 unspecified atom stereocenters.